The van der Waals surface area contributed by atoms with Crippen LogP contribution in [-0.2, 0) is 0 Å². The summed E-state index contributed by atoms with van der Waals surface area (Å²) >= 11 is 1.84. The first-order chi connectivity index (χ1) is 7.13. The highest BCUT2D eigenvalue weighted by Gasteiger charge is 2.04. The van der Waals surface area contributed by atoms with Crippen molar-refractivity contribution in [1.29, 1.82) is 0 Å². The largest absolute Gasteiger partial charge is 0.481 e. The SMILES string of the molecule is C#CCOc1ccc(C)c(SC(C)C)c1. The maximum absolute atomic E-state index is 5.38. The Morgan fingerprint density at radius 2 is 2.20 bits per heavy atom. The van der Waals surface area contributed by atoms with Crippen LogP contribution in [0.25, 0.3) is 0 Å². The minimum absolute atomic E-state index is 0.328. The van der Waals surface area contributed by atoms with E-state index in [1.165, 1.54) is 10.5 Å². The van der Waals surface area contributed by atoms with Crippen molar-refractivity contribution in [3.63, 3.8) is 0 Å². The lowest BCUT2D eigenvalue weighted by molar-refractivity contribution is 0.369. The van der Waals surface area contributed by atoms with Gasteiger partial charge >= 0.3 is 0 Å². The number of benzene rings is 1. The van der Waals surface area contributed by atoms with Crippen molar-refractivity contribution in [1.82, 2.24) is 0 Å². The van der Waals surface area contributed by atoms with Crippen molar-refractivity contribution in [3.8, 4) is 18.1 Å². The Bertz CT molecular complexity index is 363. The average Bonchev–Trinajstić information content (AvgIpc) is 2.18. The van der Waals surface area contributed by atoms with Gasteiger partial charge in [-0.1, -0.05) is 25.8 Å². The zero-order valence-electron chi connectivity index (χ0n) is 9.41. The zero-order valence-corrected chi connectivity index (χ0v) is 10.2. The molecule has 0 aliphatic rings. The molecule has 0 fully saturated rings. The Kier molecular flexibility index (Phi) is 4.58. The predicted molar refractivity (Wildman–Crippen MR) is 66.5 cm³/mol. The Labute approximate surface area is 96.2 Å². The third-order valence-corrected chi connectivity index (χ3v) is 3.01. The Balaban J connectivity index is 2.81. The van der Waals surface area contributed by atoms with Gasteiger partial charge < -0.3 is 4.74 Å². The maximum atomic E-state index is 5.38. The van der Waals surface area contributed by atoms with E-state index in [2.05, 4.69) is 38.8 Å². The molecule has 0 aliphatic carbocycles. The van der Waals surface area contributed by atoms with Gasteiger partial charge in [0.2, 0.25) is 0 Å². The first-order valence-corrected chi connectivity index (χ1v) is 5.85. The van der Waals surface area contributed by atoms with Gasteiger partial charge in [0.05, 0.1) is 0 Å². The predicted octanol–water partition coefficient (Wildman–Crippen LogP) is 3.51. The van der Waals surface area contributed by atoms with Gasteiger partial charge in [-0.05, 0) is 24.6 Å². The first kappa shape index (κ1) is 12.0. The molecule has 0 heterocycles. The molecule has 1 aromatic rings. The van der Waals surface area contributed by atoms with Crippen LogP contribution in [0.2, 0.25) is 0 Å². The highest BCUT2D eigenvalue weighted by molar-refractivity contribution is 8.00. The maximum Gasteiger partial charge on any atom is 0.148 e. The van der Waals surface area contributed by atoms with Gasteiger partial charge in [0.25, 0.3) is 0 Å². The second-order valence-electron chi connectivity index (χ2n) is 3.59. The summed E-state index contributed by atoms with van der Waals surface area (Å²) in [5.74, 6) is 3.31. The summed E-state index contributed by atoms with van der Waals surface area (Å²) in [6, 6.07) is 6.07. The molecule has 0 aromatic heterocycles. The van der Waals surface area contributed by atoms with Gasteiger partial charge in [-0.2, -0.15) is 0 Å². The number of aryl methyl sites for hydroxylation is 1. The molecular formula is C13H16OS. The fraction of sp³-hybridized carbons (Fsp3) is 0.385. The number of hydrogen-bond acceptors (Lipinski definition) is 2. The van der Waals surface area contributed by atoms with E-state index in [1.54, 1.807) is 0 Å². The number of rotatable bonds is 4. The molecule has 0 spiro atoms. The van der Waals surface area contributed by atoms with Gasteiger partial charge in [0, 0.05) is 10.1 Å². The number of thioether (sulfide) groups is 1. The molecule has 0 atom stereocenters. The molecule has 2 heteroatoms. The second-order valence-corrected chi connectivity index (χ2v) is 5.21. The minimum atomic E-state index is 0.328. The van der Waals surface area contributed by atoms with Crippen molar-refractivity contribution in [2.75, 3.05) is 6.61 Å². The third kappa shape index (κ3) is 3.89. The zero-order chi connectivity index (χ0) is 11.3. The summed E-state index contributed by atoms with van der Waals surface area (Å²) in [5.41, 5.74) is 1.28. The lowest BCUT2D eigenvalue weighted by Gasteiger charge is -2.10. The van der Waals surface area contributed by atoms with Crippen molar-refractivity contribution >= 4 is 11.8 Å². The smallest absolute Gasteiger partial charge is 0.148 e. The van der Waals surface area contributed by atoms with E-state index in [9.17, 15) is 0 Å². The van der Waals surface area contributed by atoms with Crippen LogP contribution in [0, 0.1) is 19.3 Å². The van der Waals surface area contributed by atoms with E-state index in [0.29, 0.717) is 11.9 Å². The summed E-state index contributed by atoms with van der Waals surface area (Å²) in [4.78, 5) is 1.26. The van der Waals surface area contributed by atoms with Gasteiger partial charge in [-0.15, -0.1) is 18.2 Å². The van der Waals surface area contributed by atoms with Crippen LogP contribution in [0.3, 0.4) is 0 Å². The number of hydrogen-bond donors (Lipinski definition) is 0. The molecule has 0 amide bonds. The second kappa shape index (κ2) is 5.72. The van der Waals surface area contributed by atoms with Gasteiger partial charge in [-0.25, -0.2) is 0 Å². The van der Waals surface area contributed by atoms with E-state index >= 15 is 0 Å². The molecule has 0 N–H and O–H groups in total. The van der Waals surface area contributed by atoms with Gasteiger partial charge in [-0.3, -0.25) is 0 Å². The fourth-order valence-corrected chi connectivity index (χ4v) is 2.12. The molecule has 1 rings (SSSR count). The van der Waals surface area contributed by atoms with Gasteiger partial charge in [0.1, 0.15) is 12.4 Å². The molecule has 80 valence electrons. The van der Waals surface area contributed by atoms with Crippen molar-refractivity contribution in [3.05, 3.63) is 23.8 Å². The molecule has 1 nitrogen and oxygen atoms in total. The van der Waals surface area contributed by atoms with Crippen LogP contribution >= 0.6 is 11.8 Å². The summed E-state index contributed by atoms with van der Waals surface area (Å²) in [5, 5.41) is 0.576. The van der Waals surface area contributed by atoms with Crippen LogP contribution in [0.15, 0.2) is 23.1 Å². The monoisotopic (exact) mass is 220 g/mol. The number of ether oxygens (including phenoxy) is 1. The highest BCUT2D eigenvalue weighted by Crippen LogP contribution is 2.29. The molecule has 0 saturated carbocycles. The van der Waals surface area contributed by atoms with Crippen LogP contribution < -0.4 is 4.74 Å². The molecule has 0 radical (unpaired) electrons. The first-order valence-electron chi connectivity index (χ1n) is 4.97. The normalized spacial score (nSPS) is 10.1. The van der Waals surface area contributed by atoms with E-state index in [4.69, 9.17) is 11.2 Å². The van der Waals surface area contributed by atoms with Crippen molar-refractivity contribution < 1.29 is 4.74 Å². The van der Waals surface area contributed by atoms with Crippen LogP contribution in [0.5, 0.6) is 5.75 Å². The average molecular weight is 220 g/mol. The van der Waals surface area contributed by atoms with Gasteiger partial charge in [0.15, 0.2) is 0 Å². The van der Waals surface area contributed by atoms with E-state index in [1.807, 2.05) is 17.8 Å². The lowest BCUT2D eigenvalue weighted by atomic mass is 10.2. The molecule has 15 heavy (non-hydrogen) atoms. The lowest BCUT2D eigenvalue weighted by Crippen LogP contribution is -1.95. The molecule has 0 bridgehead atoms. The van der Waals surface area contributed by atoms with Crippen molar-refractivity contribution in [2.24, 2.45) is 0 Å². The number of terminal acetylenes is 1. The highest BCUT2D eigenvalue weighted by atomic mass is 32.2. The molecule has 1 aromatic carbocycles. The molecular weight excluding hydrogens is 204 g/mol. The Morgan fingerprint density at radius 1 is 1.47 bits per heavy atom. The van der Waals surface area contributed by atoms with Crippen LogP contribution in [-0.4, -0.2) is 11.9 Å². The fourth-order valence-electron chi connectivity index (χ4n) is 1.18. The summed E-state index contributed by atoms with van der Waals surface area (Å²) < 4.78 is 5.38. The van der Waals surface area contributed by atoms with Crippen LogP contribution in [0.4, 0.5) is 0 Å². The van der Waals surface area contributed by atoms with E-state index in [-0.39, 0.29) is 0 Å². The minimum Gasteiger partial charge on any atom is -0.481 e. The summed E-state index contributed by atoms with van der Waals surface area (Å²) in [6.45, 7) is 6.79. The molecule has 0 saturated heterocycles. The van der Waals surface area contributed by atoms with E-state index in [0.717, 1.165) is 5.75 Å². The topological polar surface area (TPSA) is 9.23 Å². The molecule has 0 aliphatic heterocycles. The summed E-state index contributed by atoms with van der Waals surface area (Å²) in [7, 11) is 0. The van der Waals surface area contributed by atoms with Crippen LogP contribution in [0.1, 0.15) is 19.4 Å². The van der Waals surface area contributed by atoms with E-state index < -0.39 is 0 Å². The quantitative estimate of drug-likeness (QED) is 0.567. The summed E-state index contributed by atoms with van der Waals surface area (Å²) in [6.07, 6.45) is 5.14. The Hall–Kier alpha value is -1.07. The Morgan fingerprint density at radius 3 is 2.80 bits per heavy atom. The third-order valence-electron chi connectivity index (χ3n) is 1.84. The van der Waals surface area contributed by atoms with Crippen molar-refractivity contribution in [2.45, 2.75) is 30.9 Å². The standard InChI is InChI=1S/C13H16OS/c1-5-8-14-12-7-6-11(4)13(9-12)15-10(2)3/h1,6-7,9-10H,8H2,2-4H3. The molecule has 0 unspecified atom stereocenters.